The monoisotopic (exact) mass is 277 g/mol. The molecule has 0 unspecified atom stereocenters. The highest BCUT2D eigenvalue weighted by Crippen LogP contribution is 2.22. The van der Waals surface area contributed by atoms with Crippen molar-refractivity contribution < 1.29 is 9.53 Å². The number of benzene rings is 1. The Bertz CT molecular complexity index is 482. The third kappa shape index (κ3) is 3.22. The van der Waals surface area contributed by atoms with E-state index in [-0.39, 0.29) is 5.91 Å². The molecule has 2 rings (SSSR count). The van der Waals surface area contributed by atoms with Gasteiger partial charge in [0, 0.05) is 30.4 Å². The van der Waals surface area contributed by atoms with Crippen LogP contribution in [-0.2, 0) is 0 Å². The molecule has 1 heterocycles. The summed E-state index contributed by atoms with van der Waals surface area (Å²) in [6, 6.07) is 5.46. The first-order chi connectivity index (χ1) is 9.51. The summed E-state index contributed by atoms with van der Waals surface area (Å²) in [6.45, 7) is 2.06. The number of anilines is 1. The molecule has 0 radical (unpaired) electrons. The lowest BCUT2D eigenvalue weighted by Crippen LogP contribution is -2.44. The van der Waals surface area contributed by atoms with Crippen LogP contribution in [0.2, 0.25) is 0 Å². The van der Waals surface area contributed by atoms with E-state index in [1.807, 2.05) is 11.9 Å². The fraction of sp³-hybridized carbons (Fsp3) is 0.533. The Morgan fingerprint density at radius 3 is 2.60 bits per heavy atom. The van der Waals surface area contributed by atoms with Gasteiger partial charge < -0.3 is 20.3 Å². The Morgan fingerprint density at radius 2 is 2.00 bits per heavy atom. The minimum absolute atomic E-state index is 0.00477. The number of hydrogen-bond acceptors (Lipinski definition) is 4. The zero-order chi connectivity index (χ0) is 14.7. The first kappa shape index (κ1) is 14.7. The molecule has 1 aliphatic rings. The molecule has 1 aromatic carbocycles. The fourth-order valence-electron chi connectivity index (χ4n) is 2.62. The van der Waals surface area contributed by atoms with Crippen LogP contribution in [-0.4, -0.2) is 56.0 Å². The van der Waals surface area contributed by atoms with E-state index >= 15 is 0 Å². The normalized spacial score (nSPS) is 16.9. The highest BCUT2D eigenvalue weighted by atomic mass is 16.5. The molecule has 0 aromatic heterocycles. The molecule has 5 heteroatoms. The molecule has 1 aliphatic heterocycles. The van der Waals surface area contributed by atoms with Gasteiger partial charge in [0.1, 0.15) is 5.75 Å². The Kier molecular flexibility index (Phi) is 4.49. The number of methoxy groups -OCH3 is 1. The van der Waals surface area contributed by atoms with Gasteiger partial charge in [-0.3, -0.25) is 4.79 Å². The second-order valence-electron chi connectivity index (χ2n) is 5.45. The average molecular weight is 277 g/mol. The number of hydrogen-bond donors (Lipinski definition) is 1. The van der Waals surface area contributed by atoms with Crippen LogP contribution in [0, 0.1) is 0 Å². The van der Waals surface area contributed by atoms with E-state index in [4.69, 9.17) is 10.5 Å². The van der Waals surface area contributed by atoms with E-state index in [1.165, 1.54) is 0 Å². The highest BCUT2D eigenvalue weighted by Gasteiger charge is 2.25. The Hall–Kier alpha value is -1.75. The zero-order valence-corrected chi connectivity index (χ0v) is 12.4. The molecule has 0 saturated carbocycles. The molecule has 1 aromatic rings. The molecular formula is C15H23N3O2. The first-order valence-corrected chi connectivity index (χ1v) is 6.91. The molecule has 1 saturated heterocycles. The second kappa shape index (κ2) is 6.13. The van der Waals surface area contributed by atoms with Crippen molar-refractivity contribution in [3.63, 3.8) is 0 Å². The van der Waals surface area contributed by atoms with Crippen molar-refractivity contribution in [2.24, 2.45) is 0 Å². The highest BCUT2D eigenvalue weighted by molar-refractivity contribution is 5.95. The van der Waals surface area contributed by atoms with Crippen LogP contribution >= 0.6 is 0 Å². The lowest BCUT2D eigenvalue weighted by Gasteiger charge is -2.35. The van der Waals surface area contributed by atoms with Crippen LogP contribution in [0.4, 0.5) is 5.69 Å². The van der Waals surface area contributed by atoms with Gasteiger partial charge in [-0.2, -0.15) is 0 Å². The van der Waals surface area contributed by atoms with Crippen LogP contribution in [0.25, 0.3) is 0 Å². The molecule has 110 valence electrons. The van der Waals surface area contributed by atoms with Crippen LogP contribution in [0.3, 0.4) is 0 Å². The molecule has 0 bridgehead atoms. The predicted octanol–water partition coefficient (Wildman–Crippen LogP) is 1.44. The smallest absolute Gasteiger partial charge is 0.254 e. The van der Waals surface area contributed by atoms with Gasteiger partial charge in [-0.1, -0.05) is 0 Å². The first-order valence-electron chi connectivity index (χ1n) is 6.91. The van der Waals surface area contributed by atoms with E-state index in [9.17, 15) is 4.79 Å². The molecule has 0 aliphatic carbocycles. The maximum absolute atomic E-state index is 12.5. The van der Waals surface area contributed by atoms with E-state index < -0.39 is 0 Å². The lowest BCUT2D eigenvalue weighted by atomic mass is 10.0. The van der Waals surface area contributed by atoms with Gasteiger partial charge in [0.25, 0.3) is 5.91 Å². The largest absolute Gasteiger partial charge is 0.497 e. The summed E-state index contributed by atoms with van der Waals surface area (Å²) in [4.78, 5) is 16.7. The summed E-state index contributed by atoms with van der Waals surface area (Å²) in [5.41, 5.74) is 6.94. The Morgan fingerprint density at radius 1 is 1.35 bits per heavy atom. The third-order valence-electron chi connectivity index (χ3n) is 3.97. The summed E-state index contributed by atoms with van der Waals surface area (Å²) in [6.07, 6.45) is 2.02. The van der Waals surface area contributed by atoms with E-state index in [0.29, 0.717) is 23.0 Å². The quantitative estimate of drug-likeness (QED) is 0.849. The van der Waals surface area contributed by atoms with Crippen molar-refractivity contribution >= 4 is 11.6 Å². The number of nitrogens with two attached hydrogens (primary N) is 1. The fourth-order valence-corrected chi connectivity index (χ4v) is 2.62. The SMILES string of the molecule is COc1cc(N)cc(C(=O)N(C)C2CCN(C)CC2)c1. The number of nitrogen functional groups attached to an aromatic ring is 1. The van der Waals surface area contributed by atoms with Crippen LogP contribution in [0.15, 0.2) is 18.2 Å². The lowest BCUT2D eigenvalue weighted by molar-refractivity contribution is 0.0659. The molecule has 0 atom stereocenters. The summed E-state index contributed by atoms with van der Waals surface area (Å²) >= 11 is 0. The van der Waals surface area contributed by atoms with E-state index in [1.54, 1.807) is 25.3 Å². The topological polar surface area (TPSA) is 58.8 Å². The van der Waals surface area contributed by atoms with Gasteiger partial charge in [0.05, 0.1) is 7.11 Å². The number of ether oxygens (including phenoxy) is 1. The van der Waals surface area contributed by atoms with Gasteiger partial charge in [-0.25, -0.2) is 0 Å². The van der Waals surface area contributed by atoms with Gasteiger partial charge in [0.15, 0.2) is 0 Å². The minimum atomic E-state index is 0.00477. The maximum Gasteiger partial charge on any atom is 0.254 e. The Labute approximate surface area is 120 Å². The number of piperidine rings is 1. The van der Waals surface area contributed by atoms with Crippen LogP contribution in [0.5, 0.6) is 5.75 Å². The van der Waals surface area contributed by atoms with E-state index in [0.717, 1.165) is 25.9 Å². The number of nitrogens with zero attached hydrogens (tertiary/aromatic N) is 2. The van der Waals surface area contributed by atoms with Crippen LogP contribution in [0.1, 0.15) is 23.2 Å². The third-order valence-corrected chi connectivity index (χ3v) is 3.97. The van der Waals surface area contributed by atoms with Gasteiger partial charge in [-0.15, -0.1) is 0 Å². The van der Waals surface area contributed by atoms with Crippen molar-refractivity contribution in [1.82, 2.24) is 9.80 Å². The number of carbonyl (C=O) groups excluding carboxylic acids is 1. The number of amides is 1. The van der Waals surface area contributed by atoms with Gasteiger partial charge in [0.2, 0.25) is 0 Å². The summed E-state index contributed by atoms with van der Waals surface area (Å²) < 4.78 is 5.17. The molecular weight excluding hydrogens is 254 g/mol. The molecule has 1 amide bonds. The summed E-state index contributed by atoms with van der Waals surface area (Å²) in [7, 11) is 5.55. The Balaban J connectivity index is 2.12. The summed E-state index contributed by atoms with van der Waals surface area (Å²) in [5, 5.41) is 0. The van der Waals surface area contributed by atoms with Crippen LogP contribution < -0.4 is 10.5 Å². The minimum Gasteiger partial charge on any atom is -0.497 e. The number of likely N-dealkylation sites (tertiary alicyclic amines) is 1. The van der Waals surface area contributed by atoms with Crippen molar-refractivity contribution in [1.29, 1.82) is 0 Å². The standard InChI is InChI=1S/C15H23N3O2/c1-17-6-4-13(5-7-17)18(2)15(19)11-8-12(16)10-14(9-11)20-3/h8-10,13H,4-7,16H2,1-3H3. The number of carbonyl (C=O) groups is 1. The molecule has 0 spiro atoms. The zero-order valence-electron chi connectivity index (χ0n) is 12.4. The second-order valence-corrected chi connectivity index (χ2v) is 5.45. The van der Waals surface area contributed by atoms with Crippen molar-refractivity contribution in [2.45, 2.75) is 18.9 Å². The molecule has 20 heavy (non-hydrogen) atoms. The van der Waals surface area contributed by atoms with E-state index in [2.05, 4.69) is 11.9 Å². The molecule has 2 N–H and O–H groups in total. The van der Waals surface area contributed by atoms with Gasteiger partial charge >= 0.3 is 0 Å². The number of rotatable bonds is 3. The molecule has 1 fully saturated rings. The summed E-state index contributed by atoms with van der Waals surface area (Å²) in [5.74, 6) is 0.621. The molecule has 5 nitrogen and oxygen atoms in total. The van der Waals surface area contributed by atoms with Gasteiger partial charge in [-0.05, 0) is 45.1 Å². The average Bonchev–Trinajstić information content (AvgIpc) is 2.45. The van der Waals surface area contributed by atoms with Crippen molar-refractivity contribution in [3.8, 4) is 5.75 Å². The van der Waals surface area contributed by atoms with Crippen molar-refractivity contribution in [3.05, 3.63) is 23.8 Å². The maximum atomic E-state index is 12.5. The predicted molar refractivity (Wildman–Crippen MR) is 80.0 cm³/mol. The van der Waals surface area contributed by atoms with Crippen molar-refractivity contribution in [2.75, 3.05) is 40.0 Å².